The fourth-order valence-electron chi connectivity index (χ4n) is 3.47. The van der Waals surface area contributed by atoms with Crippen LogP contribution < -0.4 is 10.6 Å². The summed E-state index contributed by atoms with van der Waals surface area (Å²) in [4.78, 5) is 0. The van der Waals surface area contributed by atoms with E-state index in [-0.39, 0.29) is 6.29 Å². The molecule has 0 amide bonds. The number of hydrogen-bond acceptors (Lipinski definition) is 3. The first-order valence-corrected chi connectivity index (χ1v) is 11.2. The molecule has 32 heavy (non-hydrogen) atoms. The first kappa shape index (κ1) is 22.0. The number of benzene rings is 3. The first-order chi connectivity index (χ1) is 15.8. The van der Waals surface area contributed by atoms with Gasteiger partial charge in [-0.25, -0.2) is 0 Å². The van der Waals surface area contributed by atoms with E-state index < -0.39 is 6.10 Å². The van der Waals surface area contributed by atoms with Crippen molar-refractivity contribution in [3.8, 4) is 11.8 Å². The highest BCUT2D eigenvalue weighted by Gasteiger charge is 2.22. The minimum absolute atomic E-state index is 0.263. The molecule has 5 heteroatoms. The summed E-state index contributed by atoms with van der Waals surface area (Å²) >= 11 is 5.54. The summed E-state index contributed by atoms with van der Waals surface area (Å²) in [5.41, 5.74) is 3.64. The number of ether oxygens (including phenoxy) is 2. The molecular formula is C27H26N2O2S. The maximum Gasteiger partial charge on any atom is 0.175 e. The number of thiocarbonyl (C=S) groups is 1. The van der Waals surface area contributed by atoms with Crippen molar-refractivity contribution in [3.63, 3.8) is 0 Å². The van der Waals surface area contributed by atoms with Crippen molar-refractivity contribution in [3.05, 3.63) is 96.1 Å². The van der Waals surface area contributed by atoms with E-state index in [1.54, 1.807) is 0 Å². The second-order valence-corrected chi connectivity index (χ2v) is 7.89. The van der Waals surface area contributed by atoms with E-state index in [1.807, 2.05) is 84.9 Å². The van der Waals surface area contributed by atoms with E-state index >= 15 is 0 Å². The van der Waals surface area contributed by atoms with Gasteiger partial charge >= 0.3 is 0 Å². The van der Waals surface area contributed by atoms with Gasteiger partial charge in [0.1, 0.15) is 6.10 Å². The SMILES string of the molecule is S=C(Nc1ccccc1)Nc1ccccc1C(C#Cc1ccccc1)OC1CCCCO1. The van der Waals surface area contributed by atoms with E-state index in [0.29, 0.717) is 11.7 Å². The number of anilines is 2. The molecule has 0 bridgehead atoms. The van der Waals surface area contributed by atoms with Gasteiger partial charge in [-0.2, -0.15) is 0 Å². The van der Waals surface area contributed by atoms with Crippen LogP contribution in [0.25, 0.3) is 0 Å². The molecule has 0 radical (unpaired) electrons. The molecule has 2 atom stereocenters. The molecule has 2 N–H and O–H groups in total. The summed E-state index contributed by atoms with van der Waals surface area (Å²) < 4.78 is 12.2. The van der Waals surface area contributed by atoms with Crippen LogP contribution in [-0.4, -0.2) is 18.0 Å². The van der Waals surface area contributed by atoms with Gasteiger partial charge in [-0.15, -0.1) is 0 Å². The Kier molecular flexibility index (Phi) is 7.89. The number of para-hydroxylation sites is 2. The maximum absolute atomic E-state index is 6.34. The molecule has 1 aliphatic rings. The maximum atomic E-state index is 6.34. The second-order valence-electron chi connectivity index (χ2n) is 7.48. The monoisotopic (exact) mass is 442 g/mol. The lowest BCUT2D eigenvalue weighted by molar-refractivity contribution is -0.177. The van der Waals surface area contributed by atoms with E-state index in [0.717, 1.165) is 41.8 Å². The third-order valence-corrected chi connectivity index (χ3v) is 5.27. The Morgan fingerprint density at radius 2 is 1.62 bits per heavy atom. The van der Waals surface area contributed by atoms with E-state index in [9.17, 15) is 0 Å². The summed E-state index contributed by atoms with van der Waals surface area (Å²) in [6.07, 6.45) is 2.31. The minimum Gasteiger partial charge on any atom is -0.353 e. The lowest BCUT2D eigenvalue weighted by atomic mass is 10.1. The van der Waals surface area contributed by atoms with E-state index in [2.05, 4.69) is 22.5 Å². The van der Waals surface area contributed by atoms with Crippen LogP contribution in [0, 0.1) is 11.8 Å². The second kappa shape index (κ2) is 11.4. The van der Waals surface area contributed by atoms with Gasteiger partial charge in [-0.3, -0.25) is 0 Å². The Morgan fingerprint density at radius 1 is 0.906 bits per heavy atom. The van der Waals surface area contributed by atoms with Gasteiger partial charge in [-0.05, 0) is 61.8 Å². The molecule has 0 aromatic heterocycles. The van der Waals surface area contributed by atoms with Gasteiger partial charge < -0.3 is 20.1 Å². The Labute approximate surface area is 195 Å². The zero-order chi connectivity index (χ0) is 22.0. The highest BCUT2D eigenvalue weighted by atomic mass is 32.1. The first-order valence-electron chi connectivity index (χ1n) is 10.8. The van der Waals surface area contributed by atoms with Crippen molar-refractivity contribution in [2.75, 3.05) is 17.2 Å². The zero-order valence-electron chi connectivity index (χ0n) is 17.8. The van der Waals surface area contributed by atoms with Gasteiger partial charge in [-0.1, -0.05) is 66.4 Å². The smallest absolute Gasteiger partial charge is 0.175 e. The summed E-state index contributed by atoms with van der Waals surface area (Å²) in [6.45, 7) is 0.717. The van der Waals surface area contributed by atoms with Crippen molar-refractivity contribution in [1.29, 1.82) is 0 Å². The third kappa shape index (κ3) is 6.41. The topological polar surface area (TPSA) is 42.5 Å². The van der Waals surface area contributed by atoms with E-state index in [4.69, 9.17) is 21.7 Å². The van der Waals surface area contributed by atoms with Crippen LogP contribution in [0.3, 0.4) is 0 Å². The Hall–Kier alpha value is -3.17. The molecule has 1 heterocycles. The molecule has 0 spiro atoms. The van der Waals surface area contributed by atoms with Crippen LogP contribution in [0.4, 0.5) is 11.4 Å². The number of hydrogen-bond donors (Lipinski definition) is 2. The fraction of sp³-hybridized carbons (Fsp3) is 0.222. The molecule has 0 saturated carbocycles. The molecule has 4 nitrogen and oxygen atoms in total. The molecule has 3 aromatic carbocycles. The van der Waals surface area contributed by atoms with Gasteiger partial charge in [0.05, 0.1) is 0 Å². The van der Waals surface area contributed by atoms with Crippen molar-refractivity contribution in [1.82, 2.24) is 0 Å². The zero-order valence-corrected chi connectivity index (χ0v) is 18.6. The van der Waals surface area contributed by atoms with Crippen LogP contribution in [0.15, 0.2) is 84.9 Å². The molecule has 162 valence electrons. The average molecular weight is 443 g/mol. The van der Waals surface area contributed by atoms with Crippen molar-refractivity contribution in [2.45, 2.75) is 31.7 Å². The van der Waals surface area contributed by atoms with E-state index in [1.165, 1.54) is 0 Å². The molecule has 1 saturated heterocycles. The third-order valence-electron chi connectivity index (χ3n) is 5.07. The molecule has 2 unspecified atom stereocenters. The Morgan fingerprint density at radius 3 is 2.38 bits per heavy atom. The van der Waals surface area contributed by atoms with Crippen molar-refractivity contribution in [2.24, 2.45) is 0 Å². The predicted octanol–water partition coefficient (Wildman–Crippen LogP) is 6.13. The fourth-order valence-corrected chi connectivity index (χ4v) is 3.70. The van der Waals surface area contributed by atoms with Crippen LogP contribution >= 0.6 is 12.2 Å². The molecule has 4 rings (SSSR count). The van der Waals surface area contributed by atoms with Crippen molar-refractivity contribution >= 4 is 28.7 Å². The van der Waals surface area contributed by atoms with Crippen LogP contribution in [0.2, 0.25) is 0 Å². The highest BCUT2D eigenvalue weighted by molar-refractivity contribution is 7.80. The summed E-state index contributed by atoms with van der Waals surface area (Å²) in [6, 6.07) is 27.7. The molecule has 1 fully saturated rings. The number of nitrogens with one attached hydrogen (secondary N) is 2. The van der Waals surface area contributed by atoms with Gasteiger partial charge in [0.25, 0.3) is 0 Å². The van der Waals surface area contributed by atoms with Crippen LogP contribution in [0.5, 0.6) is 0 Å². The summed E-state index contributed by atoms with van der Waals surface area (Å²) in [5.74, 6) is 6.55. The quantitative estimate of drug-likeness (QED) is 0.367. The summed E-state index contributed by atoms with van der Waals surface area (Å²) in [5, 5.41) is 7.03. The predicted molar refractivity (Wildman–Crippen MR) is 133 cm³/mol. The lowest BCUT2D eigenvalue weighted by Crippen LogP contribution is -2.25. The van der Waals surface area contributed by atoms with Gasteiger partial charge in [0.2, 0.25) is 0 Å². The minimum atomic E-state index is -0.457. The molecule has 3 aromatic rings. The van der Waals surface area contributed by atoms with Gasteiger partial charge in [0.15, 0.2) is 11.4 Å². The molecule has 1 aliphatic heterocycles. The highest BCUT2D eigenvalue weighted by Crippen LogP contribution is 2.29. The van der Waals surface area contributed by atoms with Crippen LogP contribution in [-0.2, 0) is 9.47 Å². The standard InChI is InChI=1S/C27H26N2O2S/c32-27(28-22-13-5-2-6-14-22)29-24-16-8-7-15-23(24)25(31-26-17-9-10-20-30-26)19-18-21-11-3-1-4-12-21/h1-8,11-16,25-26H,9-10,17,20H2,(H2,28,29,32). The number of rotatable bonds is 5. The normalized spacial score (nSPS) is 16.3. The van der Waals surface area contributed by atoms with Gasteiger partial charge in [0, 0.05) is 29.1 Å². The van der Waals surface area contributed by atoms with Crippen molar-refractivity contribution < 1.29 is 9.47 Å². The van der Waals surface area contributed by atoms with Crippen LogP contribution in [0.1, 0.15) is 36.5 Å². The average Bonchev–Trinajstić information content (AvgIpc) is 2.84. The largest absolute Gasteiger partial charge is 0.353 e. The Bertz CT molecular complexity index is 1070. The Balaban J connectivity index is 1.57. The lowest BCUT2D eigenvalue weighted by Gasteiger charge is -2.27. The summed E-state index contributed by atoms with van der Waals surface area (Å²) in [7, 11) is 0. The molecule has 0 aliphatic carbocycles. The molecular weight excluding hydrogens is 416 g/mol.